The summed E-state index contributed by atoms with van der Waals surface area (Å²) in [6.45, 7) is 0. The second-order valence-corrected chi connectivity index (χ2v) is 12.0. The molecule has 8 heteroatoms. The number of carboxylic acids is 2. The van der Waals surface area contributed by atoms with Crippen molar-refractivity contribution in [3.05, 3.63) is 120 Å². The van der Waals surface area contributed by atoms with Gasteiger partial charge in [0.05, 0.1) is 74.0 Å². The lowest BCUT2D eigenvalue weighted by Gasteiger charge is -2.22. The summed E-state index contributed by atoms with van der Waals surface area (Å²) in [5, 5.41) is 18.2. The third kappa shape index (κ3) is 9.57. The van der Waals surface area contributed by atoms with Crippen LogP contribution in [0.2, 0.25) is 0 Å². The average molecular weight is 563 g/mol. The molecule has 0 heterocycles. The van der Waals surface area contributed by atoms with Gasteiger partial charge in [-0.05, 0) is 48.5 Å². The van der Waals surface area contributed by atoms with E-state index >= 15 is 0 Å². The number of para-hydroxylation sites is 2. The fourth-order valence-electron chi connectivity index (χ4n) is 3.48. The Labute approximate surface area is 239 Å². The number of rotatable bonds is 6. The van der Waals surface area contributed by atoms with E-state index in [4.69, 9.17) is 10.2 Å². The van der Waals surface area contributed by atoms with Crippen molar-refractivity contribution in [3.8, 4) is 0 Å². The Bertz CT molecular complexity index is 1320. The summed E-state index contributed by atoms with van der Waals surface area (Å²) in [5.41, 5.74) is 2.46. The third-order valence-electron chi connectivity index (χ3n) is 5.70. The van der Waals surface area contributed by atoms with Crippen LogP contribution in [0.1, 0.15) is 20.7 Å². The van der Waals surface area contributed by atoms with Crippen molar-refractivity contribution < 1.29 is 24.0 Å². The van der Waals surface area contributed by atoms with Crippen molar-refractivity contribution in [2.24, 2.45) is 0 Å². The first-order valence-corrected chi connectivity index (χ1v) is 13.7. The van der Waals surface area contributed by atoms with Crippen molar-refractivity contribution in [2.75, 3.05) is 42.3 Å². The van der Waals surface area contributed by atoms with E-state index in [0.29, 0.717) is 0 Å². The topological polar surface area (TPSA) is 91.7 Å². The minimum absolute atomic E-state index is 0.0775. The predicted molar refractivity (Wildman–Crippen MR) is 163 cm³/mol. The number of nitrogens with zero attached hydrogens (tertiary/aromatic N) is 2. The third-order valence-corrected chi connectivity index (χ3v) is 7.21. The van der Waals surface area contributed by atoms with Crippen LogP contribution in [-0.2, 0) is 10.8 Å². The molecule has 0 aliphatic carbocycles. The van der Waals surface area contributed by atoms with E-state index in [-0.39, 0.29) is 20.9 Å². The number of aromatic carboxylic acids is 2. The molecule has 4 aromatic carbocycles. The van der Waals surface area contributed by atoms with E-state index in [1.54, 1.807) is 12.1 Å². The summed E-state index contributed by atoms with van der Waals surface area (Å²) in [4.78, 5) is 22.4. The van der Waals surface area contributed by atoms with E-state index in [0.717, 1.165) is 8.97 Å². The summed E-state index contributed by atoms with van der Waals surface area (Å²) in [6.07, 6.45) is 0. The Morgan fingerprint density at radius 3 is 1.02 bits per heavy atom. The predicted octanol–water partition coefficient (Wildman–Crippen LogP) is 6.02. The van der Waals surface area contributed by atoms with E-state index < -0.39 is 22.7 Å². The zero-order valence-electron chi connectivity index (χ0n) is 23.8. The fourth-order valence-corrected chi connectivity index (χ4v) is 4.83. The fraction of sp³-hybridized carbons (Fsp3) is 0.188. The van der Waals surface area contributed by atoms with Crippen LogP contribution < -0.4 is 8.97 Å². The smallest absolute Gasteiger partial charge is 0.336 e. The van der Waals surface area contributed by atoms with Crippen LogP contribution in [0.4, 0.5) is 11.4 Å². The van der Waals surface area contributed by atoms with Gasteiger partial charge in [-0.1, -0.05) is 60.7 Å². The monoisotopic (exact) mass is 562 g/mol. The number of hydrogen-bond acceptors (Lipinski definition) is 3. The van der Waals surface area contributed by atoms with Crippen LogP contribution >= 0.6 is 0 Å². The van der Waals surface area contributed by atoms with Crippen LogP contribution in [0.5, 0.6) is 0 Å². The number of benzene rings is 4. The van der Waals surface area contributed by atoms with E-state index in [1.807, 2.05) is 12.1 Å². The van der Waals surface area contributed by atoms with Crippen molar-refractivity contribution in [1.82, 2.24) is 8.97 Å². The van der Waals surface area contributed by atoms with E-state index in [1.165, 1.54) is 47.8 Å². The maximum absolute atomic E-state index is 12.5. The van der Waals surface area contributed by atoms with Gasteiger partial charge in [0.15, 0.2) is 0 Å². The lowest BCUT2D eigenvalue weighted by Crippen LogP contribution is -2.34. The van der Waals surface area contributed by atoms with Gasteiger partial charge in [0.25, 0.3) is 0 Å². The molecule has 0 unspecified atom stereocenters. The van der Waals surface area contributed by atoms with Gasteiger partial charge >= 0.3 is 11.9 Å². The average Bonchev–Trinajstić information content (AvgIpc) is 2.93. The number of carboxylic acid groups (broad SMARTS) is 2. The molecule has 0 amide bonds. The molecule has 4 rings (SSSR count). The molecule has 0 fully saturated rings. The minimum Gasteiger partial charge on any atom is -0.478 e. The summed E-state index contributed by atoms with van der Waals surface area (Å²) >= 11 is 0. The Hall–Kier alpha value is -4.11. The van der Waals surface area contributed by atoms with Gasteiger partial charge in [-0.2, -0.15) is 0 Å². The van der Waals surface area contributed by atoms with Gasteiger partial charge in [0, 0.05) is 0 Å². The highest BCUT2D eigenvalue weighted by atomic mass is 32.2. The molecule has 40 heavy (non-hydrogen) atoms. The summed E-state index contributed by atoms with van der Waals surface area (Å²) in [5.74, 6) is -2.41. The molecule has 0 spiro atoms. The van der Waals surface area contributed by atoms with Crippen LogP contribution in [0.25, 0.3) is 0 Å². The molecule has 0 aliphatic heterocycles. The first-order valence-electron chi connectivity index (χ1n) is 12.5. The quantitative estimate of drug-likeness (QED) is 0.281. The zero-order valence-corrected chi connectivity index (χ0v) is 24.6. The Morgan fingerprint density at radius 1 is 0.500 bits per heavy atom. The first kappa shape index (κ1) is 32.1. The normalized spacial score (nSPS) is 11.0. The van der Waals surface area contributed by atoms with Gasteiger partial charge in [-0.3, -0.25) is 8.97 Å². The highest BCUT2D eigenvalue weighted by Gasteiger charge is 2.20. The molecular formula is C32H38N2O5S+2. The summed E-state index contributed by atoms with van der Waals surface area (Å²) in [6, 6.07) is 32.6. The molecule has 4 aromatic rings. The molecule has 2 N–H and O–H groups in total. The van der Waals surface area contributed by atoms with E-state index in [9.17, 15) is 13.8 Å². The van der Waals surface area contributed by atoms with Crippen LogP contribution in [0, 0.1) is 0 Å². The Morgan fingerprint density at radius 2 is 0.775 bits per heavy atom. The van der Waals surface area contributed by atoms with Crippen LogP contribution in [-0.4, -0.2) is 68.6 Å². The van der Waals surface area contributed by atoms with Crippen molar-refractivity contribution >= 4 is 34.1 Å². The highest BCUT2D eigenvalue weighted by Crippen LogP contribution is 2.23. The van der Waals surface area contributed by atoms with Crippen molar-refractivity contribution in [2.45, 2.75) is 9.79 Å². The molecule has 0 atom stereocenters. The minimum atomic E-state index is -1.87. The standard InChI is InChI=1S/C14H10O5S.2C9H14N/c15-13(16)9-5-1-3-7-11(9)20(19)12-8-4-2-6-10(12)14(17)18;2*1-10(2,3)9-7-5-4-6-8-9/h1-8H,(H,15,16)(H,17,18);2*4-8H,1-3H3/q;2*+1. The first-order chi connectivity index (χ1) is 18.7. The van der Waals surface area contributed by atoms with Gasteiger partial charge in [0.2, 0.25) is 0 Å². The van der Waals surface area contributed by atoms with Crippen LogP contribution in [0.15, 0.2) is 119 Å². The lowest BCUT2D eigenvalue weighted by atomic mass is 10.2. The Kier molecular flexibility index (Phi) is 11.5. The molecule has 210 valence electrons. The SMILES string of the molecule is C[N+](C)(C)c1ccccc1.C[N+](C)(C)c1ccccc1.O=C(O)c1ccccc1S(=O)c1ccccc1C(=O)O. The second kappa shape index (κ2) is 14.3. The highest BCUT2D eigenvalue weighted by molar-refractivity contribution is 7.85. The maximum atomic E-state index is 12.5. The van der Waals surface area contributed by atoms with Gasteiger partial charge in [-0.15, -0.1) is 0 Å². The zero-order chi connectivity index (χ0) is 29.9. The molecule has 0 aliphatic rings. The molecule has 0 aromatic heterocycles. The largest absolute Gasteiger partial charge is 0.478 e. The second-order valence-electron chi connectivity index (χ2n) is 10.6. The molecular weight excluding hydrogens is 524 g/mol. The molecule has 0 saturated heterocycles. The molecule has 0 bridgehead atoms. The number of hydrogen-bond donors (Lipinski definition) is 2. The van der Waals surface area contributed by atoms with Gasteiger partial charge in [0.1, 0.15) is 11.4 Å². The van der Waals surface area contributed by atoms with Crippen molar-refractivity contribution in [3.63, 3.8) is 0 Å². The molecule has 0 saturated carbocycles. The van der Waals surface area contributed by atoms with Crippen molar-refractivity contribution in [1.29, 1.82) is 0 Å². The number of quaternary nitrogens is 2. The molecule has 0 radical (unpaired) electrons. The molecule has 7 nitrogen and oxygen atoms in total. The van der Waals surface area contributed by atoms with Gasteiger partial charge in [-0.25, -0.2) is 13.8 Å². The lowest BCUT2D eigenvalue weighted by molar-refractivity contribution is 0.0683. The van der Waals surface area contributed by atoms with E-state index in [2.05, 4.69) is 90.8 Å². The summed E-state index contributed by atoms with van der Waals surface area (Å²) in [7, 11) is 11.1. The number of carbonyl (C=O) groups is 2. The van der Waals surface area contributed by atoms with Crippen LogP contribution in [0.3, 0.4) is 0 Å². The maximum Gasteiger partial charge on any atom is 0.336 e. The van der Waals surface area contributed by atoms with Gasteiger partial charge < -0.3 is 10.2 Å². The Balaban J connectivity index is 0.000000235. The summed E-state index contributed by atoms with van der Waals surface area (Å²) < 4.78 is 14.3.